The summed E-state index contributed by atoms with van der Waals surface area (Å²) in [7, 11) is 1.81. The van der Waals surface area contributed by atoms with Gasteiger partial charge in [-0.2, -0.15) is 0 Å². The van der Waals surface area contributed by atoms with Gasteiger partial charge < -0.3 is 9.64 Å². The van der Waals surface area contributed by atoms with Crippen molar-refractivity contribution in [2.24, 2.45) is 18.0 Å². The number of benzene rings is 1. The monoisotopic (exact) mass is 390 g/mol. The Morgan fingerprint density at radius 3 is 2.72 bits per heavy atom. The van der Waals surface area contributed by atoms with Gasteiger partial charge in [0.25, 0.3) is 5.56 Å². The highest BCUT2D eigenvalue weighted by Crippen LogP contribution is 2.47. The normalized spacial score (nSPS) is 27.4. The Labute approximate surface area is 170 Å². The quantitative estimate of drug-likeness (QED) is 0.808. The summed E-state index contributed by atoms with van der Waals surface area (Å²) < 4.78 is 8.14. The van der Waals surface area contributed by atoms with E-state index in [-0.39, 0.29) is 29.1 Å². The van der Waals surface area contributed by atoms with E-state index in [1.54, 1.807) is 16.8 Å². The molecule has 6 nitrogen and oxygen atoms in total. The molecule has 3 unspecified atom stereocenters. The summed E-state index contributed by atoms with van der Waals surface area (Å²) in [5, 5.41) is 0. The number of hydrogen-bond donors (Lipinski definition) is 0. The fraction of sp³-hybridized carbons (Fsp3) is 0.435. The molecule has 2 aliphatic heterocycles. The first-order chi connectivity index (χ1) is 14.0. The van der Waals surface area contributed by atoms with Gasteiger partial charge in [-0.15, -0.1) is 0 Å². The molecule has 3 atom stereocenters. The molecule has 1 saturated heterocycles. The average Bonchev–Trinajstić information content (AvgIpc) is 3.48. The predicted octanol–water partition coefficient (Wildman–Crippen LogP) is 3.21. The van der Waals surface area contributed by atoms with Crippen LogP contribution in [0.15, 0.2) is 58.5 Å². The number of rotatable bonds is 3. The van der Waals surface area contributed by atoms with Crippen molar-refractivity contribution in [2.75, 3.05) is 18.0 Å². The summed E-state index contributed by atoms with van der Waals surface area (Å²) >= 11 is 0. The second-order valence-corrected chi connectivity index (χ2v) is 8.48. The highest BCUT2D eigenvalue weighted by molar-refractivity contribution is 5.65. The molecule has 0 bridgehead atoms. The van der Waals surface area contributed by atoms with E-state index in [0.29, 0.717) is 6.54 Å². The number of nitrogens with zero attached hydrogens (tertiary/aromatic N) is 4. The van der Waals surface area contributed by atoms with Crippen molar-refractivity contribution in [2.45, 2.75) is 37.4 Å². The van der Waals surface area contributed by atoms with Crippen LogP contribution in [0.1, 0.15) is 43.0 Å². The van der Waals surface area contributed by atoms with Crippen molar-refractivity contribution in [1.82, 2.24) is 9.55 Å². The molecule has 5 rings (SSSR count). The van der Waals surface area contributed by atoms with E-state index in [9.17, 15) is 4.79 Å². The van der Waals surface area contributed by atoms with Crippen LogP contribution in [0.5, 0.6) is 0 Å². The van der Waals surface area contributed by atoms with Crippen molar-refractivity contribution in [3.8, 4) is 0 Å². The van der Waals surface area contributed by atoms with Gasteiger partial charge in [-0.3, -0.25) is 14.4 Å². The summed E-state index contributed by atoms with van der Waals surface area (Å²) in [5.41, 5.74) is 1.84. The minimum atomic E-state index is -0.114. The zero-order chi connectivity index (χ0) is 20.0. The number of anilines is 1. The smallest absolute Gasteiger partial charge is 0.254 e. The number of morpholine rings is 1. The fourth-order valence-corrected chi connectivity index (χ4v) is 4.36. The van der Waals surface area contributed by atoms with Crippen LogP contribution in [-0.4, -0.2) is 34.5 Å². The number of ether oxygens (including phenoxy) is 1. The van der Waals surface area contributed by atoms with Crippen LogP contribution in [0.25, 0.3) is 0 Å². The third kappa shape index (κ3) is 3.42. The van der Waals surface area contributed by atoms with Crippen LogP contribution in [-0.2, 0) is 11.8 Å². The molecule has 6 heteroatoms. The number of hydrogen-bond acceptors (Lipinski definition) is 5. The van der Waals surface area contributed by atoms with Gasteiger partial charge in [0.1, 0.15) is 6.10 Å². The van der Waals surface area contributed by atoms with Crippen LogP contribution >= 0.6 is 0 Å². The van der Waals surface area contributed by atoms with Crippen LogP contribution in [0, 0.1) is 5.92 Å². The summed E-state index contributed by atoms with van der Waals surface area (Å²) in [6.07, 6.45) is 7.84. The first-order valence-electron chi connectivity index (χ1n) is 10.3. The Kier molecular flexibility index (Phi) is 4.39. The van der Waals surface area contributed by atoms with Crippen molar-refractivity contribution in [3.05, 3.63) is 70.3 Å². The molecule has 3 heterocycles. The van der Waals surface area contributed by atoms with Crippen LogP contribution in [0.2, 0.25) is 0 Å². The van der Waals surface area contributed by atoms with Gasteiger partial charge in [0, 0.05) is 43.9 Å². The zero-order valence-corrected chi connectivity index (χ0v) is 16.9. The summed E-state index contributed by atoms with van der Waals surface area (Å²) in [5.74, 6) is 1.01. The number of aromatic nitrogens is 2. The Balaban J connectivity index is 1.51. The van der Waals surface area contributed by atoms with E-state index in [2.05, 4.69) is 28.9 Å². The second kappa shape index (κ2) is 6.95. The molecular formula is C23H26N4O2. The highest BCUT2D eigenvalue weighted by atomic mass is 16.5. The van der Waals surface area contributed by atoms with E-state index >= 15 is 0 Å². The van der Waals surface area contributed by atoms with Gasteiger partial charge in [0.15, 0.2) is 0 Å². The lowest BCUT2D eigenvalue weighted by Gasteiger charge is -2.40. The van der Waals surface area contributed by atoms with E-state index in [1.807, 2.05) is 37.5 Å². The van der Waals surface area contributed by atoms with Crippen LogP contribution < -0.4 is 10.5 Å². The molecule has 3 aliphatic rings. The molecule has 150 valence electrons. The van der Waals surface area contributed by atoms with Gasteiger partial charge in [-0.25, -0.2) is 4.98 Å². The topological polar surface area (TPSA) is 59.7 Å². The van der Waals surface area contributed by atoms with Crippen molar-refractivity contribution in [3.63, 3.8) is 0 Å². The van der Waals surface area contributed by atoms with E-state index in [0.717, 1.165) is 31.0 Å². The molecule has 0 N–H and O–H groups in total. The SMILES string of the molecule is CC1C=NC=CC1c1cc(=O)n(C)c(N2CC(c3ccccc3)OC3(CC3)C2)n1. The maximum Gasteiger partial charge on any atom is 0.254 e. The maximum atomic E-state index is 12.8. The molecule has 1 spiro atoms. The lowest BCUT2D eigenvalue weighted by atomic mass is 9.90. The standard InChI is InChI=1S/C23H26N4O2/c1-16-13-24-11-8-18(16)19-12-21(28)26(2)22(25-19)27-14-20(17-6-4-3-5-7-17)29-23(15-27)9-10-23/h3-8,11-13,16,18,20H,9-10,14-15H2,1-2H3. The molecule has 1 saturated carbocycles. The molecule has 0 radical (unpaired) electrons. The third-order valence-electron chi connectivity index (χ3n) is 6.26. The van der Waals surface area contributed by atoms with E-state index in [1.165, 1.54) is 5.56 Å². The molecular weight excluding hydrogens is 364 g/mol. The molecule has 29 heavy (non-hydrogen) atoms. The lowest BCUT2D eigenvalue weighted by Crippen LogP contribution is -2.47. The predicted molar refractivity (Wildman–Crippen MR) is 113 cm³/mol. The number of aliphatic imine (C=N–C) groups is 1. The zero-order valence-electron chi connectivity index (χ0n) is 16.9. The van der Waals surface area contributed by atoms with Gasteiger partial charge >= 0.3 is 0 Å². The van der Waals surface area contributed by atoms with Crippen LogP contribution in [0.3, 0.4) is 0 Å². The van der Waals surface area contributed by atoms with Gasteiger partial charge in [-0.05, 0) is 18.4 Å². The second-order valence-electron chi connectivity index (χ2n) is 8.48. The average molecular weight is 390 g/mol. The Bertz CT molecular complexity index is 1020. The van der Waals surface area contributed by atoms with Gasteiger partial charge in [0.05, 0.1) is 17.8 Å². The van der Waals surface area contributed by atoms with E-state index < -0.39 is 0 Å². The summed E-state index contributed by atoms with van der Waals surface area (Å²) in [6, 6.07) is 12.0. The van der Waals surface area contributed by atoms with Crippen molar-refractivity contribution in [1.29, 1.82) is 0 Å². The summed E-state index contributed by atoms with van der Waals surface area (Å²) in [6.45, 7) is 3.57. The summed E-state index contributed by atoms with van der Waals surface area (Å²) in [4.78, 5) is 24.2. The highest BCUT2D eigenvalue weighted by Gasteiger charge is 2.51. The Morgan fingerprint density at radius 1 is 1.21 bits per heavy atom. The first-order valence-corrected chi connectivity index (χ1v) is 10.3. The Hall–Kier alpha value is -2.73. The molecule has 1 aromatic carbocycles. The first kappa shape index (κ1) is 18.3. The van der Waals surface area contributed by atoms with Gasteiger partial charge in [-0.1, -0.05) is 43.3 Å². The van der Waals surface area contributed by atoms with E-state index in [4.69, 9.17) is 9.72 Å². The largest absolute Gasteiger partial charge is 0.363 e. The minimum Gasteiger partial charge on any atom is -0.363 e. The molecule has 1 aliphatic carbocycles. The Morgan fingerprint density at radius 2 is 2.00 bits per heavy atom. The molecule has 1 aromatic heterocycles. The van der Waals surface area contributed by atoms with Crippen LogP contribution in [0.4, 0.5) is 5.95 Å². The van der Waals surface area contributed by atoms with Crippen molar-refractivity contribution >= 4 is 12.2 Å². The number of allylic oxidation sites excluding steroid dienone is 1. The molecule has 0 amide bonds. The molecule has 2 fully saturated rings. The van der Waals surface area contributed by atoms with Crippen molar-refractivity contribution < 1.29 is 4.74 Å². The fourth-order valence-electron chi connectivity index (χ4n) is 4.36. The van der Waals surface area contributed by atoms with Gasteiger partial charge in [0.2, 0.25) is 5.95 Å². The maximum absolute atomic E-state index is 12.8. The minimum absolute atomic E-state index is 0.0198. The molecule has 2 aromatic rings. The third-order valence-corrected chi connectivity index (χ3v) is 6.26. The lowest BCUT2D eigenvalue weighted by molar-refractivity contribution is -0.0460.